The average molecular weight is 345 g/mol. The molecule has 134 valence electrons. The average Bonchev–Trinajstić information content (AvgIpc) is 3.23. The van der Waals surface area contributed by atoms with Gasteiger partial charge in [0.25, 0.3) is 5.91 Å². The molecule has 0 bridgehead atoms. The zero-order valence-corrected chi connectivity index (χ0v) is 14.6. The third-order valence-corrected chi connectivity index (χ3v) is 4.52. The molecule has 1 aromatic heterocycles. The van der Waals surface area contributed by atoms with Gasteiger partial charge in [-0.05, 0) is 49.9 Å². The molecule has 2 aromatic rings. The molecular formula is C19H23NO5. The highest BCUT2D eigenvalue weighted by Gasteiger charge is 2.17. The Kier molecular flexibility index (Phi) is 5.38. The summed E-state index contributed by atoms with van der Waals surface area (Å²) in [4.78, 5) is 23.7. The highest BCUT2D eigenvalue weighted by Crippen LogP contribution is 2.25. The normalized spacial score (nSPS) is 17.0. The lowest BCUT2D eigenvalue weighted by Crippen LogP contribution is -2.35. The Morgan fingerprint density at radius 2 is 2.08 bits per heavy atom. The number of aryl methyl sites for hydroxylation is 2. The van der Waals surface area contributed by atoms with E-state index >= 15 is 0 Å². The van der Waals surface area contributed by atoms with Crippen LogP contribution < -0.4 is 5.32 Å². The van der Waals surface area contributed by atoms with E-state index in [9.17, 15) is 9.59 Å². The van der Waals surface area contributed by atoms with Gasteiger partial charge in [-0.15, -0.1) is 0 Å². The molecule has 0 saturated carbocycles. The van der Waals surface area contributed by atoms with Gasteiger partial charge in [0.05, 0.1) is 18.8 Å². The van der Waals surface area contributed by atoms with Crippen molar-refractivity contribution in [3.63, 3.8) is 0 Å². The lowest BCUT2D eigenvalue weighted by molar-refractivity contribution is -0.148. The number of hydrogen-bond acceptors (Lipinski definition) is 5. The molecule has 1 saturated heterocycles. The van der Waals surface area contributed by atoms with Gasteiger partial charge in [0, 0.05) is 24.1 Å². The fraction of sp³-hybridized carbons (Fsp3) is 0.474. The van der Waals surface area contributed by atoms with Crippen LogP contribution in [0.2, 0.25) is 0 Å². The van der Waals surface area contributed by atoms with Gasteiger partial charge in [-0.1, -0.05) is 0 Å². The molecule has 1 aromatic carbocycles. The molecule has 0 spiro atoms. The van der Waals surface area contributed by atoms with E-state index in [4.69, 9.17) is 13.9 Å². The summed E-state index contributed by atoms with van der Waals surface area (Å²) < 4.78 is 16.0. The second kappa shape index (κ2) is 7.70. The summed E-state index contributed by atoms with van der Waals surface area (Å²) in [7, 11) is 0. The van der Waals surface area contributed by atoms with E-state index in [1.807, 2.05) is 26.0 Å². The van der Waals surface area contributed by atoms with E-state index < -0.39 is 5.97 Å². The van der Waals surface area contributed by atoms with Gasteiger partial charge in [0.15, 0.2) is 6.61 Å². The lowest BCUT2D eigenvalue weighted by Gasteiger charge is -2.10. The number of nitrogens with one attached hydrogen (secondary N) is 1. The maximum Gasteiger partial charge on any atom is 0.310 e. The van der Waals surface area contributed by atoms with Crippen molar-refractivity contribution >= 4 is 22.8 Å². The molecule has 0 radical (unpaired) electrons. The van der Waals surface area contributed by atoms with Gasteiger partial charge >= 0.3 is 5.97 Å². The minimum atomic E-state index is -0.451. The third kappa shape index (κ3) is 4.39. The molecule has 1 atom stereocenters. The van der Waals surface area contributed by atoms with Crippen LogP contribution in [0.1, 0.15) is 29.5 Å². The molecule has 6 nitrogen and oxygen atoms in total. The molecule has 25 heavy (non-hydrogen) atoms. The van der Waals surface area contributed by atoms with E-state index in [1.165, 1.54) is 0 Å². The summed E-state index contributed by atoms with van der Waals surface area (Å²) >= 11 is 0. The summed E-state index contributed by atoms with van der Waals surface area (Å²) in [6, 6.07) is 3.96. The van der Waals surface area contributed by atoms with Crippen LogP contribution >= 0.6 is 0 Å². The summed E-state index contributed by atoms with van der Waals surface area (Å²) in [5.41, 5.74) is 3.79. The van der Waals surface area contributed by atoms with Crippen LogP contribution in [0.4, 0.5) is 0 Å². The first-order valence-corrected chi connectivity index (χ1v) is 8.54. The predicted molar refractivity (Wildman–Crippen MR) is 92.3 cm³/mol. The van der Waals surface area contributed by atoms with Crippen molar-refractivity contribution in [2.45, 2.75) is 39.2 Å². The number of carbonyl (C=O) groups excluding carboxylic acids is 2. The first-order chi connectivity index (χ1) is 12.0. The Labute approximate surface area is 146 Å². The molecular weight excluding hydrogens is 322 g/mol. The zero-order chi connectivity index (χ0) is 17.8. The molecule has 1 aliphatic rings. The Morgan fingerprint density at radius 1 is 1.28 bits per heavy atom. The fourth-order valence-electron chi connectivity index (χ4n) is 2.91. The number of ether oxygens (including phenoxy) is 2. The zero-order valence-electron chi connectivity index (χ0n) is 14.6. The Morgan fingerprint density at radius 3 is 2.84 bits per heavy atom. The van der Waals surface area contributed by atoms with Crippen LogP contribution in [0.25, 0.3) is 11.0 Å². The summed E-state index contributed by atoms with van der Waals surface area (Å²) in [6.07, 6.45) is 3.69. The molecule has 1 aliphatic heterocycles. The molecule has 1 N–H and O–H groups in total. The van der Waals surface area contributed by atoms with Crippen LogP contribution in [-0.4, -0.2) is 37.7 Å². The van der Waals surface area contributed by atoms with E-state index in [1.54, 1.807) is 6.26 Å². The predicted octanol–water partition coefficient (Wildman–Crippen LogP) is 2.43. The first-order valence-electron chi connectivity index (χ1n) is 8.54. The monoisotopic (exact) mass is 345 g/mol. The number of fused-ring (bicyclic) bond motifs is 1. The van der Waals surface area contributed by atoms with Crippen molar-refractivity contribution in [3.8, 4) is 0 Å². The quantitative estimate of drug-likeness (QED) is 0.814. The standard InChI is InChI=1S/C19H23NO5/c1-12-6-16-14(10-24-17(16)7-13(12)2)8-19(22)25-11-18(21)20-9-15-4-3-5-23-15/h6-7,10,15H,3-5,8-9,11H2,1-2H3,(H,20,21)/t15-/m1/s1. The van der Waals surface area contributed by atoms with Gasteiger partial charge in [-0.2, -0.15) is 0 Å². The molecule has 0 aliphatic carbocycles. The minimum Gasteiger partial charge on any atom is -0.464 e. The summed E-state index contributed by atoms with van der Waals surface area (Å²) in [5, 5.41) is 3.63. The fourth-order valence-corrected chi connectivity index (χ4v) is 2.91. The van der Waals surface area contributed by atoms with Gasteiger partial charge in [-0.25, -0.2) is 0 Å². The van der Waals surface area contributed by atoms with E-state index in [-0.39, 0.29) is 25.0 Å². The maximum absolute atomic E-state index is 12.0. The van der Waals surface area contributed by atoms with E-state index in [0.29, 0.717) is 6.54 Å². The molecule has 1 amide bonds. The van der Waals surface area contributed by atoms with E-state index in [0.717, 1.165) is 47.1 Å². The van der Waals surface area contributed by atoms with Crippen LogP contribution in [0, 0.1) is 13.8 Å². The smallest absolute Gasteiger partial charge is 0.310 e. The van der Waals surface area contributed by atoms with Crippen molar-refractivity contribution in [1.29, 1.82) is 0 Å². The number of esters is 1. The number of rotatable bonds is 6. The van der Waals surface area contributed by atoms with Crippen molar-refractivity contribution in [2.75, 3.05) is 19.8 Å². The number of benzene rings is 1. The largest absolute Gasteiger partial charge is 0.464 e. The van der Waals surface area contributed by atoms with Crippen molar-refractivity contribution < 1.29 is 23.5 Å². The Hall–Kier alpha value is -2.34. The van der Waals surface area contributed by atoms with Crippen LogP contribution in [0.15, 0.2) is 22.8 Å². The second-order valence-corrected chi connectivity index (χ2v) is 6.47. The maximum atomic E-state index is 12.0. The van der Waals surface area contributed by atoms with Gasteiger partial charge in [0.1, 0.15) is 5.58 Å². The number of hydrogen-bond donors (Lipinski definition) is 1. The molecule has 6 heteroatoms. The van der Waals surface area contributed by atoms with Crippen LogP contribution in [0.3, 0.4) is 0 Å². The highest BCUT2D eigenvalue weighted by molar-refractivity contribution is 5.87. The number of carbonyl (C=O) groups is 2. The number of furan rings is 1. The topological polar surface area (TPSA) is 77.8 Å². The van der Waals surface area contributed by atoms with Crippen molar-refractivity contribution in [2.24, 2.45) is 0 Å². The minimum absolute atomic E-state index is 0.0728. The summed E-state index contributed by atoms with van der Waals surface area (Å²) in [5.74, 6) is -0.763. The highest BCUT2D eigenvalue weighted by atomic mass is 16.5. The molecule has 0 unspecified atom stereocenters. The third-order valence-electron chi connectivity index (χ3n) is 4.52. The SMILES string of the molecule is Cc1cc2occ(CC(=O)OCC(=O)NC[C@H]3CCCO3)c2cc1C. The lowest BCUT2D eigenvalue weighted by atomic mass is 10.0. The first kappa shape index (κ1) is 17.5. The Balaban J connectivity index is 1.49. The van der Waals surface area contributed by atoms with Gasteiger partial charge < -0.3 is 19.2 Å². The summed E-state index contributed by atoms with van der Waals surface area (Å²) in [6.45, 7) is 4.96. The van der Waals surface area contributed by atoms with E-state index in [2.05, 4.69) is 5.32 Å². The second-order valence-electron chi connectivity index (χ2n) is 6.47. The number of amides is 1. The van der Waals surface area contributed by atoms with Gasteiger partial charge in [0.2, 0.25) is 0 Å². The van der Waals surface area contributed by atoms with Crippen LogP contribution in [-0.2, 0) is 25.5 Å². The molecule has 1 fully saturated rings. The Bertz CT molecular complexity index is 773. The molecule has 2 heterocycles. The van der Waals surface area contributed by atoms with Crippen molar-refractivity contribution in [1.82, 2.24) is 5.32 Å². The van der Waals surface area contributed by atoms with Crippen LogP contribution in [0.5, 0.6) is 0 Å². The van der Waals surface area contributed by atoms with Crippen molar-refractivity contribution in [3.05, 3.63) is 35.1 Å². The van der Waals surface area contributed by atoms with Gasteiger partial charge in [-0.3, -0.25) is 9.59 Å². The molecule has 3 rings (SSSR count).